The highest BCUT2D eigenvalue weighted by atomic mass is 35.5. The van der Waals surface area contributed by atoms with Crippen molar-refractivity contribution in [3.8, 4) is 0 Å². The second-order valence-electron chi connectivity index (χ2n) is 5.04. The van der Waals surface area contributed by atoms with Crippen LogP contribution >= 0.6 is 23.4 Å². The molecular formula is C14H19ClN4O2S2. The van der Waals surface area contributed by atoms with Gasteiger partial charge in [0, 0.05) is 12.1 Å². The van der Waals surface area contributed by atoms with Gasteiger partial charge in [-0.05, 0) is 37.3 Å². The van der Waals surface area contributed by atoms with Crippen molar-refractivity contribution in [2.45, 2.75) is 36.9 Å². The fraction of sp³-hybridized carbons (Fsp3) is 0.429. The van der Waals surface area contributed by atoms with E-state index in [4.69, 9.17) is 11.6 Å². The summed E-state index contributed by atoms with van der Waals surface area (Å²) < 4.78 is 29.6. The van der Waals surface area contributed by atoms with Crippen LogP contribution in [0.3, 0.4) is 0 Å². The molecule has 9 heteroatoms. The van der Waals surface area contributed by atoms with Crippen LogP contribution in [0.25, 0.3) is 0 Å². The van der Waals surface area contributed by atoms with Crippen LogP contribution < -0.4 is 4.72 Å². The van der Waals surface area contributed by atoms with E-state index < -0.39 is 16.1 Å². The van der Waals surface area contributed by atoms with Crippen LogP contribution in [-0.2, 0) is 17.1 Å². The van der Waals surface area contributed by atoms with E-state index in [1.807, 2.05) is 14.0 Å². The molecule has 6 nitrogen and oxygen atoms in total. The van der Waals surface area contributed by atoms with Crippen molar-refractivity contribution in [1.29, 1.82) is 0 Å². The number of hydrogen-bond donors (Lipinski definition) is 1. The molecule has 1 aromatic carbocycles. The lowest BCUT2D eigenvalue weighted by Gasteiger charge is -2.15. The highest BCUT2D eigenvalue weighted by Crippen LogP contribution is 2.25. The van der Waals surface area contributed by atoms with Gasteiger partial charge in [0.1, 0.15) is 0 Å². The standard InChI is InChI=1S/C14H19ClN4O2S2/c1-5-22-14-17-16-13(19(14)4)10(3)18-23(20,21)12-8-6-7-11(15)9(12)2/h6-8,10,18H,5H2,1-4H3. The Morgan fingerprint density at radius 1 is 1.39 bits per heavy atom. The van der Waals surface area contributed by atoms with Crippen LogP contribution in [0.4, 0.5) is 0 Å². The van der Waals surface area contributed by atoms with Gasteiger partial charge >= 0.3 is 0 Å². The third-order valence-electron chi connectivity index (χ3n) is 3.37. The molecule has 0 spiro atoms. The van der Waals surface area contributed by atoms with Crippen molar-refractivity contribution < 1.29 is 8.42 Å². The molecular weight excluding hydrogens is 356 g/mol. The minimum Gasteiger partial charge on any atom is -0.308 e. The van der Waals surface area contributed by atoms with Crippen molar-refractivity contribution >= 4 is 33.4 Å². The molecule has 0 amide bonds. The zero-order chi connectivity index (χ0) is 17.2. The molecule has 1 aromatic heterocycles. The highest BCUT2D eigenvalue weighted by molar-refractivity contribution is 7.99. The Labute approximate surface area is 145 Å². The highest BCUT2D eigenvalue weighted by Gasteiger charge is 2.24. The number of aromatic nitrogens is 3. The van der Waals surface area contributed by atoms with Crippen LogP contribution in [0.1, 0.15) is 31.3 Å². The SMILES string of the molecule is CCSc1nnc(C(C)NS(=O)(=O)c2cccc(Cl)c2C)n1C. The molecule has 1 atom stereocenters. The quantitative estimate of drug-likeness (QED) is 0.786. The van der Waals surface area contributed by atoms with E-state index in [9.17, 15) is 8.42 Å². The van der Waals surface area contributed by atoms with Crippen LogP contribution in [0.5, 0.6) is 0 Å². The summed E-state index contributed by atoms with van der Waals surface area (Å²) in [5.74, 6) is 1.43. The predicted molar refractivity (Wildman–Crippen MR) is 92.3 cm³/mol. The molecule has 0 aliphatic heterocycles. The minimum atomic E-state index is -3.70. The largest absolute Gasteiger partial charge is 0.308 e. The molecule has 126 valence electrons. The Balaban J connectivity index is 2.28. The normalized spacial score (nSPS) is 13.3. The topological polar surface area (TPSA) is 76.9 Å². The summed E-state index contributed by atoms with van der Waals surface area (Å²) in [6.07, 6.45) is 0. The Morgan fingerprint density at radius 3 is 2.74 bits per heavy atom. The first-order chi connectivity index (χ1) is 10.8. The smallest absolute Gasteiger partial charge is 0.241 e. The maximum absolute atomic E-state index is 12.6. The maximum Gasteiger partial charge on any atom is 0.241 e. The van der Waals surface area contributed by atoms with Crippen molar-refractivity contribution in [3.63, 3.8) is 0 Å². The lowest BCUT2D eigenvalue weighted by atomic mass is 10.2. The van der Waals surface area contributed by atoms with E-state index in [1.165, 1.54) is 6.07 Å². The van der Waals surface area contributed by atoms with E-state index in [1.54, 1.807) is 42.3 Å². The number of nitrogens with zero attached hydrogens (tertiary/aromatic N) is 3. The monoisotopic (exact) mass is 374 g/mol. The van der Waals surface area contributed by atoms with E-state index in [0.29, 0.717) is 16.4 Å². The van der Waals surface area contributed by atoms with Gasteiger partial charge in [-0.3, -0.25) is 0 Å². The van der Waals surface area contributed by atoms with Gasteiger partial charge in [0.25, 0.3) is 0 Å². The number of benzene rings is 1. The van der Waals surface area contributed by atoms with Gasteiger partial charge in [-0.25, -0.2) is 13.1 Å². The van der Waals surface area contributed by atoms with Gasteiger partial charge in [-0.2, -0.15) is 0 Å². The Kier molecular flexibility index (Phi) is 5.72. The molecule has 0 saturated heterocycles. The average Bonchev–Trinajstić information content (AvgIpc) is 2.83. The third-order valence-corrected chi connectivity index (χ3v) is 6.37. The number of hydrogen-bond acceptors (Lipinski definition) is 5. The second-order valence-corrected chi connectivity index (χ2v) is 8.36. The fourth-order valence-electron chi connectivity index (χ4n) is 2.19. The number of nitrogens with one attached hydrogen (secondary N) is 1. The molecule has 0 aliphatic carbocycles. The summed E-state index contributed by atoms with van der Waals surface area (Å²) in [5.41, 5.74) is 0.522. The van der Waals surface area contributed by atoms with Crippen LogP contribution in [-0.4, -0.2) is 28.9 Å². The first-order valence-corrected chi connectivity index (χ1v) is 9.92. The summed E-state index contributed by atoms with van der Waals surface area (Å²) in [6, 6.07) is 4.30. The molecule has 23 heavy (non-hydrogen) atoms. The van der Waals surface area contributed by atoms with E-state index in [0.717, 1.165) is 10.9 Å². The van der Waals surface area contributed by atoms with Crippen LogP contribution in [0.2, 0.25) is 5.02 Å². The molecule has 0 saturated carbocycles. The number of halogens is 1. The van der Waals surface area contributed by atoms with Gasteiger partial charge in [0.05, 0.1) is 10.9 Å². The molecule has 0 radical (unpaired) electrons. The van der Waals surface area contributed by atoms with Crippen molar-refractivity contribution in [1.82, 2.24) is 19.5 Å². The van der Waals surface area contributed by atoms with E-state index in [2.05, 4.69) is 14.9 Å². The number of thioether (sulfide) groups is 1. The summed E-state index contributed by atoms with van der Waals surface area (Å²) in [4.78, 5) is 0.169. The van der Waals surface area contributed by atoms with Gasteiger partial charge < -0.3 is 4.57 Å². The minimum absolute atomic E-state index is 0.169. The summed E-state index contributed by atoms with van der Waals surface area (Å²) in [5, 5.41) is 9.35. The first-order valence-electron chi connectivity index (χ1n) is 7.07. The molecule has 0 aliphatic rings. The van der Waals surface area contributed by atoms with Gasteiger partial charge in [0.15, 0.2) is 11.0 Å². The summed E-state index contributed by atoms with van der Waals surface area (Å²) in [6.45, 7) is 5.44. The van der Waals surface area contributed by atoms with Crippen molar-refractivity contribution in [2.24, 2.45) is 7.05 Å². The third kappa shape index (κ3) is 3.88. The van der Waals surface area contributed by atoms with Gasteiger partial charge in [0.2, 0.25) is 10.0 Å². The van der Waals surface area contributed by atoms with E-state index >= 15 is 0 Å². The second kappa shape index (κ2) is 7.21. The zero-order valence-electron chi connectivity index (χ0n) is 13.4. The fourth-order valence-corrected chi connectivity index (χ4v) is 4.53. The number of rotatable bonds is 6. The Morgan fingerprint density at radius 2 is 2.09 bits per heavy atom. The van der Waals surface area contributed by atoms with E-state index in [-0.39, 0.29) is 4.90 Å². The predicted octanol–water partition coefficient (Wildman–Crippen LogP) is 2.93. The summed E-state index contributed by atoms with van der Waals surface area (Å²) >= 11 is 7.57. The van der Waals surface area contributed by atoms with Crippen molar-refractivity contribution in [2.75, 3.05) is 5.75 Å². The first kappa shape index (κ1) is 18.3. The molecule has 0 bridgehead atoms. The van der Waals surface area contributed by atoms with Gasteiger partial charge in [-0.15, -0.1) is 10.2 Å². The summed E-state index contributed by atoms with van der Waals surface area (Å²) in [7, 11) is -1.88. The molecule has 1 N–H and O–H groups in total. The lowest BCUT2D eigenvalue weighted by Crippen LogP contribution is -2.29. The van der Waals surface area contributed by atoms with Crippen LogP contribution in [0.15, 0.2) is 28.3 Å². The maximum atomic E-state index is 12.6. The molecule has 1 heterocycles. The Bertz CT molecular complexity index is 805. The molecule has 0 fully saturated rings. The molecule has 2 aromatic rings. The molecule has 2 rings (SSSR count). The molecule has 1 unspecified atom stereocenters. The van der Waals surface area contributed by atoms with Crippen molar-refractivity contribution in [3.05, 3.63) is 34.6 Å². The number of sulfonamides is 1. The average molecular weight is 375 g/mol. The lowest BCUT2D eigenvalue weighted by molar-refractivity contribution is 0.550. The Hall–Kier alpha value is -1.09. The van der Waals surface area contributed by atoms with Gasteiger partial charge in [-0.1, -0.05) is 36.4 Å². The zero-order valence-corrected chi connectivity index (χ0v) is 15.8. The van der Waals surface area contributed by atoms with Crippen LogP contribution in [0, 0.1) is 6.92 Å².